The SMILES string of the molecule is CCOc1ccc2nc(N3C(=O)C(O)=C(C(=O)C=Cc4ccccc4)C3c3cccc(OCCC(C)C)c3)sc2c1. The molecule has 1 amide bonds. The van der Waals surface area contributed by atoms with E-state index in [0.29, 0.717) is 46.8 Å². The summed E-state index contributed by atoms with van der Waals surface area (Å²) in [7, 11) is 0. The molecule has 1 unspecified atom stereocenters. The summed E-state index contributed by atoms with van der Waals surface area (Å²) in [5, 5.41) is 11.5. The smallest absolute Gasteiger partial charge is 0.296 e. The van der Waals surface area contributed by atoms with Gasteiger partial charge in [-0.1, -0.05) is 73.7 Å². The third-order valence-electron chi connectivity index (χ3n) is 6.70. The van der Waals surface area contributed by atoms with E-state index in [4.69, 9.17) is 14.5 Å². The first-order chi connectivity index (χ1) is 19.9. The summed E-state index contributed by atoms with van der Waals surface area (Å²) in [6.45, 7) is 7.24. The summed E-state index contributed by atoms with van der Waals surface area (Å²) in [5.41, 5.74) is 2.15. The van der Waals surface area contributed by atoms with Gasteiger partial charge in [-0.25, -0.2) is 4.98 Å². The van der Waals surface area contributed by atoms with Gasteiger partial charge in [-0.05, 0) is 66.8 Å². The Morgan fingerprint density at radius 1 is 1.05 bits per heavy atom. The molecule has 1 N–H and O–H groups in total. The van der Waals surface area contributed by atoms with Gasteiger partial charge in [0.15, 0.2) is 16.7 Å². The van der Waals surface area contributed by atoms with E-state index in [1.165, 1.54) is 22.3 Å². The van der Waals surface area contributed by atoms with Crippen LogP contribution in [0, 0.1) is 5.92 Å². The van der Waals surface area contributed by atoms with E-state index in [1.807, 2.05) is 79.7 Å². The van der Waals surface area contributed by atoms with E-state index in [2.05, 4.69) is 13.8 Å². The van der Waals surface area contributed by atoms with E-state index in [-0.39, 0.29) is 5.57 Å². The van der Waals surface area contributed by atoms with Crippen LogP contribution in [-0.4, -0.2) is 35.0 Å². The molecule has 0 fully saturated rings. The van der Waals surface area contributed by atoms with E-state index in [9.17, 15) is 14.7 Å². The van der Waals surface area contributed by atoms with Crippen LogP contribution in [0.5, 0.6) is 11.5 Å². The second kappa shape index (κ2) is 12.4. The number of rotatable bonds is 11. The number of anilines is 1. The molecule has 0 saturated heterocycles. The van der Waals surface area contributed by atoms with Crippen molar-refractivity contribution in [2.75, 3.05) is 18.1 Å². The highest BCUT2D eigenvalue weighted by Gasteiger charge is 2.45. The normalized spacial score (nSPS) is 15.5. The molecule has 1 aromatic heterocycles. The first kappa shape index (κ1) is 28.1. The van der Waals surface area contributed by atoms with Crippen LogP contribution in [0.2, 0.25) is 0 Å². The fourth-order valence-electron chi connectivity index (χ4n) is 4.63. The minimum atomic E-state index is -0.893. The van der Waals surface area contributed by atoms with Crippen LogP contribution in [0.15, 0.2) is 90.2 Å². The molecule has 2 heterocycles. The number of amides is 1. The number of fused-ring (bicyclic) bond motifs is 1. The molecular formula is C33H32N2O5S. The zero-order valence-corrected chi connectivity index (χ0v) is 24.1. The molecule has 3 aromatic carbocycles. The molecule has 210 valence electrons. The number of aliphatic hydroxyl groups is 1. The van der Waals surface area contributed by atoms with Crippen molar-refractivity contribution in [3.05, 3.63) is 101 Å². The van der Waals surface area contributed by atoms with Gasteiger partial charge in [0.05, 0.1) is 35.0 Å². The fourth-order valence-corrected chi connectivity index (χ4v) is 5.66. The summed E-state index contributed by atoms with van der Waals surface area (Å²) >= 11 is 1.30. The Morgan fingerprint density at radius 3 is 2.59 bits per heavy atom. The maximum absolute atomic E-state index is 13.6. The molecule has 0 spiro atoms. The molecule has 0 bridgehead atoms. The Labute approximate surface area is 243 Å². The molecule has 0 radical (unpaired) electrons. The summed E-state index contributed by atoms with van der Waals surface area (Å²) in [4.78, 5) is 33.3. The van der Waals surface area contributed by atoms with Crippen molar-refractivity contribution >= 4 is 44.5 Å². The third kappa shape index (κ3) is 6.18. The van der Waals surface area contributed by atoms with Crippen LogP contribution < -0.4 is 14.4 Å². The number of ether oxygens (including phenoxy) is 2. The quantitative estimate of drug-likeness (QED) is 0.191. The van der Waals surface area contributed by atoms with Gasteiger partial charge in [-0.2, -0.15) is 0 Å². The zero-order chi connectivity index (χ0) is 28.9. The first-order valence-corrected chi connectivity index (χ1v) is 14.5. The third-order valence-corrected chi connectivity index (χ3v) is 7.72. The minimum Gasteiger partial charge on any atom is -0.503 e. The Bertz CT molecular complexity index is 1620. The molecule has 41 heavy (non-hydrogen) atoms. The molecule has 8 heteroatoms. The standard InChI is InChI=1S/C33H32N2O5S/c1-4-39-25-14-15-26-28(20-25)41-33(34-26)35-30(23-11-8-12-24(19-23)40-18-17-21(2)3)29(31(37)32(35)38)27(36)16-13-22-9-6-5-7-10-22/h5-16,19-21,30,37H,4,17-18H2,1-3H3. The predicted molar refractivity (Wildman–Crippen MR) is 163 cm³/mol. The van der Waals surface area contributed by atoms with E-state index in [1.54, 1.807) is 6.08 Å². The van der Waals surface area contributed by atoms with Gasteiger partial charge >= 0.3 is 0 Å². The lowest BCUT2D eigenvalue weighted by Crippen LogP contribution is -2.30. The van der Waals surface area contributed by atoms with Crippen LogP contribution in [0.3, 0.4) is 0 Å². The Morgan fingerprint density at radius 2 is 1.83 bits per heavy atom. The lowest BCUT2D eigenvalue weighted by Gasteiger charge is -2.24. The number of aromatic nitrogens is 1. The van der Waals surface area contributed by atoms with Crippen LogP contribution >= 0.6 is 11.3 Å². The van der Waals surface area contributed by atoms with E-state index in [0.717, 1.165) is 16.7 Å². The van der Waals surface area contributed by atoms with Crippen molar-refractivity contribution in [2.24, 2.45) is 5.92 Å². The van der Waals surface area contributed by atoms with Crippen molar-refractivity contribution in [3.8, 4) is 11.5 Å². The maximum atomic E-state index is 13.6. The average molecular weight is 569 g/mol. The number of allylic oxidation sites excluding steroid dienone is 1. The summed E-state index contributed by atoms with van der Waals surface area (Å²) in [6, 6.07) is 21.3. The Balaban J connectivity index is 1.56. The molecule has 1 aliphatic rings. The predicted octanol–water partition coefficient (Wildman–Crippen LogP) is 7.30. The molecule has 7 nitrogen and oxygen atoms in total. The largest absolute Gasteiger partial charge is 0.503 e. The van der Waals surface area contributed by atoms with Crippen LogP contribution in [-0.2, 0) is 9.59 Å². The van der Waals surface area contributed by atoms with Crippen molar-refractivity contribution in [1.29, 1.82) is 0 Å². The fraction of sp³-hybridized carbons (Fsp3) is 0.242. The molecule has 1 aliphatic heterocycles. The Hall–Kier alpha value is -4.43. The minimum absolute atomic E-state index is 0.00391. The van der Waals surface area contributed by atoms with Gasteiger partial charge < -0.3 is 14.6 Å². The average Bonchev–Trinajstić information content (AvgIpc) is 3.50. The number of aliphatic hydroxyl groups excluding tert-OH is 1. The molecule has 4 aromatic rings. The van der Waals surface area contributed by atoms with Crippen molar-refractivity contribution < 1.29 is 24.2 Å². The van der Waals surface area contributed by atoms with Crippen molar-refractivity contribution in [1.82, 2.24) is 4.98 Å². The van der Waals surface area contributed by atoms with Gasteiger partial charge in [-0.3, -0.25) is 14.5 Å². The Kier molecular flexibility index (Phi) is 8.50. The summed E-state index contributed by atoms with van der Waals surface area (Å²) in [5.74, 6) is 0.0922. The number of thiazole rings is 1. The molecule has 0 aliphatic carbocycles. The molecule has 0 saturated carbocycles. The number of ketones is 1. The molecule has 5 rings (SSSR count). The topological polar surface area (TPSA) is 89.0 Å². The van der Waals surface area contributed by atoms with Crippen LogP contribution in [0.1, 0.15) is 44.4 Å². The lowest BCUT2D eigenvalue weighted by molar-refractivity contribution is -0.117. The number of carbonyl (C=O) groups excluding carboxylic acids is 2. The second-order valence-corrected chi connectivity index (χ2v) is 11.1. The number of hydrogen-bond acceptors (Lipinski definition) is 7. The number of carbonyl (C=O) groups is 2. The first-order valence-electron chi connectivity index (χ1n) is 13.7. The summed E-state index contributed by atoms with van der Waals surface area (Å²) in [6.07, 6.45) is 3.95. The highest BCUT2D eigenvalue weighted by atomic mass is 32.1. The van der Waals surface area contributed by atoms with Crippen LogP contribution in [0.4, 0.5) is 5.13 Å². The lowest BCUT2D eigenvalue weighted by atomic mass is 9.95. The van der Waals surface area contributed by atoms with Gasteiger partial charge in [-0.15, -0.1) is 0 Å². The van der Waals surface area contributed by atoms with Crippen molar-refractivity contribution in [2.45, 2.75) is 33.2 Å². The highest BCUT2D eigenvalue weighted by molar-refractivity contribution is 7.22. The monoisotopic (exact) mass is 568 g/mol. The second-order valence-electron chi connectivity index (χ2n) is 10.1. The van der Waals surface area contributed by atoms with Gasteiger partial charge in [0.25, 0.3) is 5.91 Å². The molecule has 1 atom stereocenters. The zero-order valence-electron chi connectivity index (χ0n) is 23.2. The van der Waals surface area contributed by atoms with Crippen LogP contribution in [0.25, 0.3) is 16.3 Å². The summed E-state index contributed by atoms with van der Waals surface area (Å²) < 4.78 is 12.4. The van der Waals surface area contributed by atoms with Gasteiger partial charge in [0.1, 0.15) is 11.5 Å². The van der Waals surface area contributed by atoms with Gasteiger partial charge in [0, 0.05) is 0 Å². The number of nitrogens with zero attached hydrogens (tertiary/aromatic N) is 2. The van der Waals surface area contributed by atoms with Gasteiger partial charge in [0.2, 0.25) is 0 Å². The maximum Gasteiger partial charge on any atom is 0.296 e. The number of benzene rings is 3. The highest BCUT2D eigenvalue weighted by Crippen LogP contribution is 2.44. The van der Waals surface area contributed by atoms with E-state index < -0.39 is 23.5 Å². The number of hydrogen-bond donors (Lipinski definition) is 1. The van der Waals surface area contributed by atoms with E-state index >= 15 is 0 Å². The molecular weight excluding hydrogens is 536 g/mol. The van der Waals surface area contributed by atoms with Crippen molar-refractivity contribution in [3.63, 3.8) is 0 Å².